The van der Waals surface area contributed by atoms with Crippen LogP contribution in [-0.4, -0.2) is 16.5 Å². The van der Waals surface area contributed by atoms with Gasteiger partial charge in [0, 0.05) is 5.75 Å². The molecule has 1 aliphatic carbocycles. The van der Waals surface area contributed by atoms with Gasteiger partial charge in [0.05, 0.1) is 0 Å². The van der Waals surface area contributed by atoms with Crippen molar-refractivity contribution < 1.29 is 4.79 Å². The highest BCUT2D eigenvalue weighted by Gasteiger charge is 2.18. The van der Waals surface area contributed by atoms with Crippen molar-refractivity contribution in [2.45, 2.75) is 32.1 Å². The quantitative estimate of drug-likeness (QED) is 0.693. The molecule has 3 heteroatoms. The molecule has 1 aromatic carbocycles. The number of rotatable bonds is 4. The van der Waals surface area contributed by atoms with E-state index in [4.69, 9.17) is 0 Å². The minimum absolute atomic E-state index is 0.222. The topological polar surface area (TPSA) is 17.1 Å². The third kappa shape index (κ3) is 5.02. The lowest BCUT2D eigenvalue weighted by atomic mass is 9.83. The molecule has 0 spiro atoms. The van der Waals surface area contributed by atoms with Crippen LogP contribution in [0.5, 0.6) is 0 Å². The predicted octanol–water partition coefficient (Wildman–Crippen LogP) is 5.87. The lowest BCUT2D eigenvalue weighted by molar-refractivity contribution is 0.276. The minimum atomic E-state index is 0.222. The molecule has 0 aliphatic heterocycles. The lowest BCUT2D eigenvalue weighted by Crippen LogP contribution is -2.11. The summed E-state index contributed by atoms with van der Waals surface area (Å²) in [5.74, 6) is 1.52. The largest absolute Gasteiger partial charge is 0.274 e. The van der Waals surface area contributed by atoms with Crippen molar-refractivity contribution in [1.29, 1.82) is 0 Å². The Hall–Kier alpha value is -0.670. The van der Waals surface area contributed by atoms with Crippen LogP contribution in [0.25, 0.3) is 6.08 Å². The zero-order valence-electron chi connectivity index (χ0n) is 12.0. The second-order valence-corrected chi connectivity index (χ2v) is 7.19. The molecule has 1 saturated carbocycles. The van der Waals surface area contributed by atoms with Gasteiger partial charge in [-0.05, 0) is 30.6 Å². The molecular weight excluding hydrogens is 284 g/mol. The molecule has 0 amide bonds. The minimum Gasteiger partial charge on any atom is -0.274 e. The van der Waals surface area contributed by atoms with Gasteiger partial charge in [-0.1, -0.05) is 84.8 Å². The molecule has 0 unspecified atom stereocenters. The summed E-state index contributed by atoms with van der Waals surface area (Å²) in [4.78, 5) is 11.6. The fourth-order valence-electron chi connectivity index (χ4n) is 2.72. The zero-order valence-corrected chi connectivity index (χ0v) is 13.6. The predicted molar refractivity (Wildman–Crippen MR) is 92.4 cm³/mol. The van der Waals surface area contributed by atoms with Crippen LogP contribution in [0.2, 0.25) is 0 Å². The Morgan fingerprint density at radius 3 is 2.55 bits per heavy atom. The molecule has 0 heterocycles. The molecule has 0 aromatic heterocycles. The molecule has 1 aromatic rings. The summed E-state index contributed by atoms with van der Waals surface area (Å²) in [7, 11) is 0. The number of benzene rings is 1. The molecule has 1 fully saturated rings. The van der Waals surface area contributed by atoms with Gasteiger partial charge in [0.25, 0.3) is 0 Å². The van der Waals surface area contributed by atoms with E-state index < -0.39 is 0 Å². The van der Waals surface area contributed by atoms with Crippen molar-refractivity contribution in [2.24, 2.45) is 5.92 Å². The van der Waals surface area contributed by atoms with Crippen molar-refractivity contribution in [3.8, 4) is 0 Å². The van der Waals surface area contributed by atoms with Gasteiger partial charge >= 0.3 is 0 Å². The molecule has 108 valence electrons. The first-order chi connectivity index (χ1) is 9.79. The van der Waals surface area contributed by atoms with Crippen molar-refractivity contribution in [1.82, 2.24) is 0 Å². The van der Waals surface area contributed by atoms with Crippen molar-refractivity contribution in [3.05, 3.63) is 41.5 Å². The Morgan fingerprint density at radius 2 is 1.90 bits per heavy atom. The monoisotopic (exact) mass is 306 g/mol. The highest BCUT2D eigenvalue weighted by Crippen LogP contribution is 2.33. The molecule has 0 atom stereocenters. The van der Waals surface area contributed by atoms with Gasteiger partial charge in [-0.25, -0.2) is 0 Å². The maximum Gasteiger partial charge on any atom is 0.246 e. The Bertz CT molecular complexity index is 447. The summed E-state index contributed by atoms with van der Waals surface area (Å²) in [5, 5.41) is 0. The number of hydrogen-bond acceptors (Lipinski definition) is 3. The van der Waals surface area contributed by atoms with Gasteiger partial charge in [0.2, 0.25) is 4.45 Å². The summed E-state index contributed by atoms with van der Waals surface area (Å²) >= 11 is 2.77. The maximum absolute atomic E-state index is 11.6. The Balaban J connectivity index is 2.10. The van der Waals surface area contributed by atoms with Gasteiger partial charge < -0.3 is 0 Å². The molecular formula is C17H22OS2. The average molecular weight is 306 g/mol. The van der Waals surface area contributed by atoms with Crippen molar-refractivity contribution >= 4 is 34.0 Å². The third-order valence-electron chi connectivity index (χ3n) is 3.80. The van der Waals surface area contributed by atoms with Crippen LogP contribution in [0.4, 0.5) is 4.79 Å². The van der Waals surface area contributed by atoms with Crippen LogP contribution in [0.1, 0.15) is 37.7 Å². The van der Waals surface area contributed by atoms with Crippen LogP contribution >= 0.6 is 23.5 Å². The Labute approximate surface area is 130 Å². The van der Waals surface area contributed by atoms with Crippen LogP contribution in [-0.2, 0) is 0 Å². The lowest BCUT2D eigenvalue weighted by Gasteiger charge is -2.24. The van der Waals surface area contributed by atoms with E-state index in [1.54, 1.807) is 0 Å². The smallest absolute Gasteiger partial charge is 0.246 e. The molecule has 0 N–H and O–H groups in total. The van der Waals surface area contributed by atoms with E-state index in [0.29, 0.717) is 5.92 Å². The summed E-state index contributed by atoms with van der Waals surface area (Å²) in [5.41, 5.74) is 2.70. The summed E-state index contributed by atoms with van der Waals surface area (Å²) < 4.78 is 0.222. The van der Waals surface area contributed by atoms with Crippen LogP contribution in [0, 0.1) is 5.92 Å². The number of carbonyl (C=O) groups excluding carboxylic acids is 1. The number of hydrogen-bond donors (Lipinski definition) is 0. The summed E-state index contributed by atoms with van der Waals surface area (Å²) in [6, 6.07) is 10.5. The highest BCUT2D eigenvalue weighted by atomic mass is 32.2. The SMILES string of the molecule is CSC(=O)SC/C(=C/c1ccccc1)C1CCCCC1. The van der Waals surface area contributed by atoms with Gasteiger partial charge in [-0.15, -0.1) is 0 Å². The van der Waals surface area contributed by atoms with Crippen molar-refractivity contribution in [3.63, 3.8) is 0 Å². The second-order valence-electron chi connectivity index (χ2n) is 5.21. The maximum atomic E-state index is 11.6. The second kappa shape index (κ2) is 8.58. The normalized spacial score (nSPS) is 17.1. The van der Waals surface area contributed by atoms with Crippen molar-refractivity contribution in [2.75, 3.05) is 12.0 Å². The van der Waals surface area contributed by atoms with Crippen LogP contribution in [0.3, 0.4) is 0 Å². The van der Waals surface area contributed by atoms with Gasteiger partial charge in [-0.2, -0.15) is 0 Å². The Morgan fingerprint density at radius 1 is 1.20 bits per heavy atom. The van der Waals surface area contributed by atoms with Gasteiger partial charge in [0.1, 0.15) is 0 Å². The molecule has 0 bridgehead atoms. The summed E-state index contributed by atoms with van der Waals surface area (Å²) in [6.07, 6.45) is 10.8. The fourth-order valence-corrected chi connectivity index (χ4v) is 3.97. The molecule has 0 radical (unpaired) electrons. The van der Waals surface area contributed by atoms with E-state index in [0.717, 1.165) is 5.75 Å². The van der Waals surface area contributed by atoms with Gasteiger partial charge in [-0.3, -0.25) is 4.79 Å². The van der Waals surface area contributed by atoms with E-state index >= 15 is 0 Å². The Kier molecular flexibility index (Phi) is 6.74. The van der Waals surface area contributed by atoms with Gasteiger partial charge in [0.15, 0.2) is 0 Å². The van der Waals surface area contributed by atoms with E-state index in [1.165, 1.54) is 66.8 Å². The third-order valence-corrected chi connectivity index (χ3v) is 5.70. The number of thioether (sulfide) groups is 2. The molecule has 2 rings (SSSR count). The van der Waals surface area contributed by atoms with E-state index in [-0.39, 0.29) is 4.45 Å². The first-order valence-corrected chi connectivity index (χ1v) is 9.47. The molecule has 20 heavy (non-hydrogen) atoms. The number of carbonyl (C=O) groups is 1. The van der Waals surface area contributed by atoms with E-state index in [9.17, 15) is 4.79 Å². The van der Waals surface area contributed by atoms with E-state index in [1.807, 2.05) is 12.3 Å². The standard InChI is InChI=1S/C17H22OS2/c1-19-17(18)20-13-16(15-10-6-3-7-11-15)12-14-8-4-2-5-9-14/h2,4-5,8-9,12,15H,3,6-7,10-11,13H2,1H3/b16-12-. The first kappa shape index (κ1) is 15.7. The molecule has 1 nitrogen and oxygen atoms in total. The van der Waals surface area contributed by atoms with E-state index in [2.05, 4.69) is 30.3 Å². The van der Waals surface area contributed by atoms with Crippen LogP contribution < -0.4 is 0 Å². The highest BCUT2D eigenvalue weighted by molar-refractivity contribution is 8.38. The first-order valence-electron chi connectivity index (χ1n) is 7.26. The fraction of sp³-hybridized carbons (Fsp3) is 0.471. The summed E-state index contributed by atoms with van der Waals surface area (Å²) in [6.45, 7) is 0. The van der Waals surface area contributed by atoms with Crippen LogP contribution in [0.15, 0.2) is 35.9 Å². The molecule has 1 aliphatic rings. The average Bonchev–Trinajstić information content (AvgIpc) is 2.53. The zero-order chi connectivity index (χ0) is 14.2. The molecule has 0 saturated heterocycles.